The highest BCUT2D eigenvalue weighted by Gasteiger charge is 2.29. The van der Waals surface area contributed by atoms with Crippen LogP contribution in [0.4, 0.5) is 16.0 Å². The number of benzene rings is 1. The zero-order chi connectivity index (χ0) is 21.4. The Labute approximate surface area is 178 Å². The van der Waals surface area contributed by atoms with E-state index in [2.05, 4.69) is 32.4 Å². The third-order valence-corrected chi connectivity index (χ3v) is 5.17. The Bertz CT molecular complexity index is 1260. The van der Waals surface area contributed by atoms with Crippen LogP contribution in [0.2, 0.25) is 0 Å². The fourth-order valence-corrected chi connectivity index (χ4v) is 3.37. The summed E-state index contributed by atoms with van der Waals surface area (Å²) >= 11 is 0. The average molecular weight is 418 g/mol. The standard InChI is InChI=1S/C23H19FN4O3/c1-25-22-17-12-26-21(28-23(29)13-2-3-13)9-16(17)15(11-27-22)5-4-14-8-19-20(10-18(14)24)31-7-6-30-19/h8-13H,2-3,6-7H2,1H3,(H,25,27)(H,26,28,29). The Morgan fingerprint density at radius 3 is 2.52 bits per heavy atom. The van der Waals surface area contributed by atoms with E-state index in [4.69, 9.17) is 9.47 Å². The lowest BCUT2D eigenvalue weighted by molar-refractivity contribution is -0.117. The summed E-state index contributed by atoms with van der Waals surface area (Å²) < 4.78 is 25.4. The molecular weight excluding hydrogens is 399 g/mol. The molecule has 1 fully saturated rings. The van der Waals surface area contributed by atoms with E-state index in [-0.39, 0.29) is 17.4 Å². The molecule has 3 heterocycles. The number of halogens is 1. The van der Waals surface area contributed by atoms with Gasteiger partial charge >= 0.3 is 0 Å². The topological polar surface area (TPSA) is 85.4 Å². The predicted molar refractivity (Wildman–Crippen MR) is 114 cm³/mol. The lowest BCUT2D eigenvalue weighted by atomic mass is 10.1. The Kier molecular flexibility index (Phi) is 4.79. The first kappa shape index (κ1) is 19.1. The summed E-state index contributed by atoms with van der Waals surface area (Å²) in [5, 5.41) is 7.38. The van der Waals surface area contributed by atoms with Crippen molar-refractivity contribution in [3.63, 3.8) is 0 Å². The van der Waals surface area contributed by atoms with Gasteiger partial charge in [-0.3, -0.25) is 4.79 Å². The second-order valence-corrected chi connectivity index (χ2v) is 7.37. The monoisotopic (exact) mass is 418 g/mol. The molecule has 156 valence electrons. The minimum absolute atomic E-state index is 0.0271. The number of anilines is 2. The van der Waals surface area contributed by atoms with Crippen molar-refractivity contribution in [2.45, 2.75) is 12.8 Å². The Morgan fingerprint density at radius 1 is 1.03 bits per heavy atom. The molecule has 31 heavy (non-hydrogen) atoms. The third kappa shape index (κ3) is 3.82. The number of nitrogens with zero attached hydrogens (tertiary/aromatic N) is 2. The third-order valence-electron chi connectivity index (χ3n) is 5.17. The molecule has 0 spiro atoms. The molecule has 1 amide bonds. The van der Waals surface area contributed by atoms with Crippen molar-refractivity contribution < 1.29 is 18.7 Å². The Hall–Kier alpha value is -3.86. The summed E-state index contributed by atoms with van der Waals surface area (Å²) in [6.45, 7) is 0.800. The number of hydrogen-bond donors (Lipinski definition) is 2. The van der Waals surface area contributed by atoms with E-state index < -0.39 is 5.82 Å². The van der Waals surface area contributed by atoms with Gasteiger partial charge in [-0.25, -0.2) is 14.4 Å². The van der Waals surface area contributed by atoms with Crippen LogP contribution in [0.15, 0.2) is 30.6 Å². The molecule has 1 aliphatic carbocycles. The minimum Gasteiger partial charge on any atom is -0.486 e. The molecule has 0 atom stereocenters. The van der Waals surface area contributed by atoms with Crippen LogP contribution < -0.4 is 20.1 Å². The minimum atomic E-state index is -0.486. The quantitative estimate of drug-likeness (QED) is 0.635. The second-order valence-electron chi connectivity index (χ2n) is 7.37. The summed E-state index contributed by atoms with van der Waals surface area (Å²) in [4.78, 5) is 20.8. The largest absolute Gasteiger partial charge is 0.486 e. The van der Waals surface area contributed by atoms with Gasteiger partial charge < -0.3 is 20.1 Å². The fourth-order valence-electron chi connectivity index (χ4n) is 3.37. The van der Waals surface area contributed by atoms with Gasteiger partial charge in [-0.05, 0) is 18.9 Å². The molecule has 0 unspecified atom stereocenters. The fraction of sp³-hybridized carbons (Fsp3) is 0.261. The van der Waals surface area contributed by atoms with Gasteiger partial charge in [-0.1, -0.05) is 11.8 Å². The maximum absolute atomic E-state index is 14.5. The van der Waals surface area contributed by atoms with E-state index in [1.807, 2.05) is 0 Å². The zero-order valence-electron chi connectivity index (χ0n) is 16.8. The summed E-state index contributed by atoms with van der Waals surface area (Å²) in [6, 6.07) is 4.59. The molecule has 1 aliphatic heterocycles. The highest BCUT2D eigenvalue weighted by Crippen LogP contribution is 2.33. The maximum Gasteiger partial charge on any atom is 0.228 e. The Balaban J connectivity index is 1.54. The number of fused-ring (bicyclic) bond motifs is 2. The first-order chi connectivity index (χ1) is 15.1. The van der Waals surface area contributed by atoms with Gasteiger partial charge in [0.15, 0.2) is 11.5 Å². The molecule has 2 aromatic heterocycles. The first-order valence-corrected chi connectivity index (χ1v) is 10.0. The molecule has 5 rings (SSSR count). The highest BCUT2D eigenvalue weighted by molar-refractivity contribution is 5.99. The molecule has 0 bridgehead atoms. The van der Waals surface area contributed by atoms with Gasteiger partial charge in [0, 0.05) is 48.3 Å². The van der Waals surface area contributed by atoms with E-state index >= 15 is 0 Å². The van der Waals surface area contributed by atoms with Crippen LogP contribution in [0.3, 0.4) is 0 Å². The van der Waals surface area contributed by atoms with Crippen molar-refractivity contribution in [2.75, 3.05) is 30.9 Å². The number of hydrogen-bond acceptors (Lipinski definition) is 6. The van der Waals surface area contributed by atoms with Crippen molar-refractivity contribution in [2.24, 2.45) is 5.92 Å². The van der Waals surface area contributed by atoms with Crippen LogP contribution in [0.1, 0.15) is 24.0 Å². The number of ether oxygens (including phenoxy) is 2. The van der Waals surface area contributed by atoms with E-state index in [0.717, 1.165) is 23.6 Å². The zero-order valence-corrected chi connectivity index (χ0v) is 16.8. The second kappa shape index (κ2) is 7.76. The molecule has 8 heteroatoms. The normalized spacial score (nSPS) is 14.5. The number of carbonyl (C=O) groups is 1. The number of carbonyl (C=O) groups excluding carboxylic acids is 1. The van der Waals surface area contributed by atoms with Crippen LogP contribution in [0.5, 0.6) is 11.5 Å². The van der Waals surface area contributed by atoms with Crippen LogP contribution in [0.25, 0.3) is 10.8 Å². The van der Waals surface area contributed by atoms with Gasteiger partial charge in [0.2, 0.25) is 5.91 Å². The summed E-state index contributed by atoms with van der Waals surface area (Å²) in [7, 11) is 1.76. The van der Waals surface area contributed by atoms with Crippen molar-refractivity contribution in [1.29, 1.82) is 0 Å². The van der Waals surface area contributed by atoms with Crippen LogP contribution in [-0.4, -0.2) is 36.1 Å². The summed E-state index contributed by atoms with van der Waals surface area (Å²) in [5.74, 6) is 7.36. The van der Waals surface area contributed by atoms with Crippen LogP contribution >= 0.6 is 0 Å². The molecule has 3 aromatic rings. The molecule has 0 saturated heterocycles. The predicted octanol–water partition coefficient (Wildman–Crippen LogP) is 3.33. The Morgan fingerprint density at radius 2 is 1.77 bits per heavy atom. The summed E-state index contributed by atoms with van der Waals surface area (Å²) in [6.07, 6.45) is 5.08. The van der Waals surface area contributed by atoms with Crippen LogP contribution in [-0.2, 0) is 4.79 Å². The average Bonchev–Trinajstić information content (AvgIpc) is 3.63. The molecule has 2 aliphatic rings. The molecule has 0 radical (unpaired) electrons. The van der Waals surface area contributed by atoms with Crippen molar-refractivity contribution >= 4 is 28.3 Å². The number of nitrogens with one attached hydrogen (secondary N) is 2. The van der Waals surface area contributed by atoms with Gasteiger partial charge in [-0.2, -0.15) is 0 Å². The molecule has 1 saturated carbocycles. The van der Waals surface area contributed by atoms with Gasteiger partial charge in [0.1, 0.15) is 30.7 Å². The number of aromatic nitrogens is 2. The van der Waals surface area contributed by atoms with Gasteiger partial charge in [-0.15, -0.1) is 0 Å². The SMILES string of the molecule is CNc1ncc(C#Cc2cc3c(cc2F)OCCO3)c2cc(NC(=O)C3CC3)ncc12. The lowest BCUT2D eigenvalue weighted by Crippen LogP contribution is -2.15. The van der Waals surface area contributed by atoms with Crippen molar-refractivity contribution in [1.82, 2.24) is 9.97 Å². The molecular formula is C23H19FN4O3. The van der Waals surface area contributed by atoms with Crippen LogP contribution in [0, 0.1) is 23.6 Å². The van der Waals surface area contributed by atoms with E-state index in [0.29, 0.717) is 41.9 Å². The van der Waals surface area contributed by atoms with Crippen molar-refractivity contribution in [3.05, 3.63) is 47.5 Å². The lowest BCUT2D eigenvalue weighted by Gasteiger charge is -2.18. The number of rotatable bonds is 3. The maximum atomic E-state index is 14.5. The first-order valence-electron chi connectivity index (χ1n) is 10.0. The van der Waals surface area contributed by atoms with E-state index in [1.165, 1.54) is 12.1 Å². The van der Waals surface area contributed by atoms with E-state index in [9.17, 15) is 9.18 Å². The number of pyridine rings is 2. The molecule has 7 nitrogen and oxygen atoms in total. The van der Waals surface area contributed by atoms with Gasteiger partial charge in [0.25, 0.3) is 0 Å². The molecule has 2 N–H and O–H groups in total. The smallest absolute Gasteiger partial charge is 0.228 e. The van der Waals surface area contributed by atoms with Crippen molar-refractivity contribution in [3.8, 4) is 23.3 Å². The molecule has 1 aromatic carbocycles. The van der Waals surface area contributed by atoms with E-state index in [1.54, 1.807) is 25.5 Å². The summed E-state index contributed by atoms with van der Waals surface area (Å²) in [5.41, 5.74) is 0.791. The van der Waals surface area contributed by atoms with Gasteiger partial charge in [0.05, 0.1) is 11.1 Å². The highest BCUT2D eigenvalue weighted by atomic mass is 19.1. The number of amides is 1.